The highest BCUT2D eigenvalue weighted by atomic mass is 32.2. The lowest BCUT2D eigenvalue weighted by Crippen LogP contribution is -2.47. The number of nitrogens with one attached hydrogen (secondary N) is 1. The number of nitrogens with zero attached hydrogens (tertiary/aromatic N) is 2. The van der Waals surface area contributed by atoms with Gasteiger partial charge in [-0.1, -0.05) is 0 Å². The van der Waals surface area contributed by atoms with E-state index < -0.39 is 11.7 Å². The molecule has 8 heteroatoms. The lowest BCUT2D eigenvalue weighted by Gasteiger charge is -2.35. The highest BCUT2D eigenvalue weighted by molar-refractivity contribution is 7.99. The van der Waals surface area contributed by atoms with Gasteiger partial charge in [-0.05, 0) is 49.3 Å². The third kappa shape index (κ3) is 4.59. The van der Waals surface area contributed by atoms with Crippen molar-refractivity contribution in [2.24, 2.45) is 5.92 Å². The van der Waals surface area contributed by atoms with E-state index in [4.69, 9.17) is 0 Å². The monoisotopic (exact) mass is 373 g/mol. The average Bonchev–Trinajstić information content (AvgIpc) is 2.62. The summed E-state index contributed by atoms with van der Waals surface area (Å²) >= 11 is 1.89. The predicted octanol–water partition coefficient (Wildman–Crippen LogP) is 3.33. The Labute approximate surface area is 149 Å². The van der Waals surface area contributed by atoms with Crippen LogP contribution < -0.4 is 10.2 Å². The number of amides is 1. The van der Waals surface area contributed by atoms with Crippen molar-refractivity contribution in [2.45, 2.75) is 37.9 Å². The molecule has 4 nitrogen and oxygen atoms in total. The third-order valence-corrected chi connectivity index (χ3v) is 5.80. The molecule has 0 aromatic carbocycles. The molecule has 1 aromatic rings. The fourth-order valence-corrected chi connectivity index (χ4v) is 4.52. The molecule has 1 aromatic heterocycles. The molecule has 3 heterocycles. The van der Waals surface area contributed by atoms with Crippen LogP contribution in [0.1, 0.15) is 31.2 Å². The van der Waals surface area contributed by atoms with Crippen LogP contribution in [0.2, 0.25) is 0 Å². The Bertz CT molecular complexity index is 605. The second-order valence-electron chi connectivity index (χ2n) is 6.55. The Morgan fingerprint density at radius 2 is 2.04 bits per heavy atom. The molecule has 2 aliphatic heterocycles. The lowest BCUT2D eigenvalue weighted by molar-refractivity contribution is -0.137. The van der Waals surface area contributed by atoms with Crippen LogP contribution in [0.25, 0.3) is 0 Å². The van der Waals surface area contributed by atoms with Gasteiger partial charge in [0.1, 0.15) is 5.82 Å². The molecule has 1 unspecified atom stereocenters. The van der Waals surface area contributed by atoms with Crippen LogP contribution in [0.5, 0.6) is 0 Å². The van der Waals surface area contributed by atoms with E-state index in [1.165, 1.54) is 12.3 Å². The second kappa shape index (κ2) is 7.85. The number of thioether (sulfide) groups is 1. The maximum Gasteiger partial charge on any atom is 0.419 e. The number of carbonyl (C=O) groups excluding carboxylic acids is 1. The zero-order chi connectivity index (χ0) is 17.9. The van der Waals surface area contributed by atoms with E-state index in [0.717, 1.165) is 30.4 Å². The summed E-state index contributed by atoms with van der Waals surface area (Å²) in [6.07, 6.45) is 0.244. The molecule has 0 aliphatic carbocycles. The Hall–Kier alpha value is -1.44. The van der Waals surface area contributed by atoms with Crippen molar-refractivity contribution in [1.82, 2.24) is 10.3 Å². The summed E-state index contributed by atoms with van der Waals surface area (Å²) in [4.78, 5) is 18.1. The van der Waals surface area contributed by atoms with Gasteiger partial charge >= 0.3 is 6.18 Å². The van der Waals surface area contributed by atoms with E-state index in [1.54, 1.807) is 4.90 Å². The van der Waals surface area contributed by atoms with Crippen LogP contribution in [0, 0.1) is 5.92 Å². The molecule has 0 saturated carbocycles. The molecule has 138 valence electrons. The molecular weight excluding hydrogens is 351 g/mol. The SMILES string of the molecule is O=C(NC1CCSCC1)C1CCCN(c2ncccc2C(F)(F)F)C1. The minimum atomic E-state index is -4.45. The summed E-state index contributed by atoms with van der Waals surface area (Å²) < 4.78 is 39.7. The van der Waals surface area contributed by atoms with Crippen LogP contribution in [0.4, 0.5) is 19.0 Å². The molecule has 1 N–H and O–H groups in total. The van der Waals surface area contributed by atoms with E-state index in [2.05, 4.69) is 10.3 Å². The zero-order valence-electron chi connectivity index (χ0n) is 13.9. The van der Waals surface area contributed by atoms with Crippen LogP contribution >= 0.6 is 11.8 Å². The van der Waals surface area contributed by atoms with Gasteiger partial charge in [0.15, 0.2) is 0 Å². The van der Waals surface area contributed by atoms with Gasteiger partial charge in [0.2, 0.25) is 5.91 Å². The van der Waals surface area contributed by atoms with E-state index >= 15 is 0 Å². The number of hydrogen-bond donors (Lipinski definition) is 1. The largest absolute Gasteiger partial charge is 0.419 e. The molecule has 2 saturated heterocycles. The summed E-state index contributed by atoms with van der Waals surface area (Å²) in [5.74, 6) is 1.70. The number of pyridine rings is 1. The molecule has 0 radical (unpaired) electrons. The van der Waals surface area contributed by atoms with Gasteiger partial charge in [-0.3, -0.25) is 4.79 Å². The molecule has 0 bridgehead atoms. The minimum absolute atomic E-state index is 0.0360. The quantitative estimate of drug-likeness (QED) is 0.883. The highest BCUT2D eigenvalue weighted by Crippen LogP contribution is 2.36. The number of rotatable bonds is 3. The normalized spacial score (nSPS) is 22.7. The van der Waals surface area contributed by atoms with Gasteiger partial charge in [0, 0.05) is 25.3 Å². The molecule has 25 heavy (non-hydrogen) atoms. The first-order valence-corrected chi connectivity index (χ1v) is 9.76. The molecule has 1 amide bonds. The van der Waals surface area contributed by atoms with Gasteiger partial charge in [0.05, 0.1) is 11.5 Å². The van der Waals surface area contributed by atoms with Gasteiger partial charge in [-0.15, -0.1) is 0 Å². The molecule has 1 atom stereocenters. The van der Waals surface area contributed by atoms with Crippen molar-refractivity contribution in [3.63, 3.8) is 0 Å². The molecule has 3 rings (SSSR count). The second-order valence-corrected chi connectivity index (χ2v) is 7.78. The average molecular weight is 373 g/mol. The zero-order valence-corrected chi connectivity index (χ0v) is 14.7. The fourth-order valence-electron chi connectivity index (χ4n) is 3.41. The first kappa shape index (κ1) is 18.4. The fraction of sp³-hybridized carbons (Fsp3) is 0.647. The highest BCUT2D eigenvalue weighted by Gasteiger charge is 2.37. The number of carbonyl (C=O) groups is 1. The number of alkyl halides is 3. The molecule has 2 fully saturated rings. The van der Waals surface area contributed by atoms with E-state index in [0.29, 0.717) is 19.4 Å². The first-order chi connectivity index (χ1) is 11.9. The third-order valence-electron chi connectivity index (χ3n) is 4.75. The smallest absolute Gasteiger partial charge is 0.355 e. The molecule has 2 aliphatic rings. The summed E-state index contributed by atoms with van der Waals surface area (Å²) in [5, 5.41) is 3.08. The van der Waals surface area contributed by atoms with Crippen molar-refractivity contribution in [2.75, 3.05) is 29.5 Å². The predicted molar refractivity (Wildman–Crippen MR) is 92.7 cm³/mol. The van der Waals surface area contributed by atoms with E-state index in [-0.39, 0.29) is 30.2 Å². The minimum Gasteiger partial charge on any atom is -0.355 e. The maximum absolute atomic E-state index is 13.2. The van der Waals surface area contributed by atoms with Crippen molar-refractivity contribution >= 4 is 23.5 Å². The van der Waals surface area contributed by atoms with Crippen LogP contribution in [-0.4, -0.2) is 41.5 Å². The van der Waals surface area contributed by atoms with Crippen LogP contribution in [0.15, 0.2) is 18.3 Å². The first-order valence-electron chi connectivity index (χ1n) is 8.60. The molecular formula is C17H22F3N3OS. The Balaban J connectivity index is 1.68. The van der Waals surface area contributed by atoms with Gasteiger partial charge in [0.25, 0.3) is 0 Å². The number of hydrogen-bond acceptors (Lipinski definition) is 4. The number of halogens is 3. The Kier molecular flexibility index (Phi) is 5.76. The van der Waals surface area contributed by atoms with Crippen molar-refractivity contribution in [3.05, 3.63) is 23.9 Å². The number of aromatic nitrogens is 1. The Morgan fingerprint density at radius 3 is 2.76 bits per heavy atom. The summed E-state index contributed by atoms with van der Waals surface area (Å²) in [5.41, 5.74) is -0.736. The summed E-state index contributed by atoms with van der Waals surface area (Å²) in [7, 11) is 0. The maximum atomic E-state index is 13.2. The van der Waals surface area contributed by atoms with Gasteiger partial charge in [-0.25, -0.2) is 4.98 Å². The van der Waals surface area contributed by atoms with Crippen molar-refractivity contribution in [3.8, 4) is 0 Å². The molecule has 0 spiro atoms. The van der Waals surface area contributed by atoms with Crippen LogP contribution in [0.3, 0.4) is 0 Å². The van der Waals surface area contributed by atoms with Crippen LogP contribution in [-0.2, 0) is 11.0 Å². The summed E-state index contributed by atoms with van der Waals surface area (Å²) in [6, 6.07) is 2.54. The Morgan fingerprint density at radius 1 is 1.28 bits per heavy atom. The number of anilines is 1. The lowest BCUT2D eigenvalue weighted by atomic mass is 9.96. The number of piperidine rings is 1. The van der Waals surface area contributed by atoms with Crippen molar-refractivity contribution in [1.29, 1.82) is 0 Å². The topological polar surface area (TPSA) is 45.2 Å². The van der Waals surface area contributed by atoms with E-state index in [9.17, 15) is 18.0 Å². The van der Waals surface area contributed by atoms with Crippen molar-refractivity contribution < 1.29 is 18.0 Å². The van der Waals surface area contributed by atoms with E-state index in [1.807, 2.05) is 11.8 Å². The summed E-state index contributed by atoms with van der Waals surface area (Å²) in [6.45, 7) is 0.775. The standard InChI is InChI=1S/C17H22F3N3OS/c18-17(19,20)14-4-1-7-21-15(14)23-8-2-3-12(11-23)16(24)22-13-5-9-25-10-6-13/h1,4,7,12-13H,2-3,5-6,8-11H2,(H,22,24). The van der Waals surface area contributed by atoms with Gasteiger partial charge in [-0.2, -0.15) is 24.9 Å². The van der Waals surface area contributed by atoms with Gasteiger partial charge < -0.3 is 10.2 Å².